The van der Waals surface area contributed by atoms with Crippen molar-refractivity contribution in [1.29, 1.82) is 0 Å². The first-order valence-corrected chi connectivity index (χ1v) is 6.05. The molecular weight excluding hydrogens is 268 g/mol. The summed E-state index contributed by atoms with van der Waals surface area (Å²) in [5, 5.41) is 3.46. The van der Waals surface area contributed by atoms with E-state index in [9.17, 15) is 0 Å². The van der Waals surface area contributed by atoms with Crippen molar-refractivity contribution >= 4 is 15.9 Å². The van der Waals surface area contributed by atoms with Crippen LogP contribution in [0.15, 0.2) is 39.5 Å². The highest BCUT2D eigenvalue weighted by Gasteiger charge is 2.24. The van der Waals surface area contributed by atoms with Gasteiger partial charge in [0.25, 0.3) is 0 Å². The van der Waals surface area contributed by atoms with Gasteiger partial charge in [0.2, 0.25) is 0 Å². The summed E-state index contributed by atoms with van der Waals surface area (Å²) < 4.78 is 6.45. The minimum absolute atomic E-state index is 0.163. The minimum Gasteiger partial charge on any atom is -0.469 e. The van der Waals surface area contributed by atoms with Gasteiger partial charge in [0, 0.05) is 29.2 Å². The van der Waals surface area contributed by atoms with Crippen LogP contribution < -0.4 is 5.32 Å². The summed E-state index contributed by atoms with van der Waals surface area (Å²) in [6.07, 6.45) is 4.53. The molecule has 0 fully saturated rings. The van der Waals surface area contributed by atoms with Gasteiger partial charge in [0.05, 0.1) is 18.0 Å². The summed E-state index contributed by atoms with van der Waals surface area (Å²) in [7, 11) is 0. The maximum atomic E-state index is 5.45. The minimum atomic E-state index is 0.163. The first kappa shape index (κ1) is 10.1. The number of rotatable bonds is 1. The number of pyridine rings is 1. The lowest BCUT2D eigenvalue weighted by Crippen LogP contribution is -2.30. The molecule has 2 aromatic rings. The zero-order valence-corrected chi connectivity index (χ0v) is 10.2. The van der Waals surface area contributed by atoms with Crippen LogP contribution in [-0.4, -0.2) is 11.5 Å². The largest absolute Gasteiger partial charge is 0.469 e. The molecule has 4 heteroatoms. The zero-order chi connectivity index (χ0) is 11.0. The number of hydrogen-bond donors (Lipinski definition) is 1. The van der Waals surface area contributed by atoms with Gasteiger partial charge in [-0.1, -0.05) is 0 Å². The predicted octanol–water partition coefficient (Wildman–Crippen LogP) is 2.67. The fourth-order valence-electron chi connectivity index (χ4n) is 2.07. The number of nitrogens with one attached hydrogen (secondary N) is 1. The van der Waals surface area contributed by atoms with Crippen molar-refractivity contribution in [1.82, 2.24) is 10.3 Å². The van der Waals surface area contributed by atoms with Crippen LogP contribution in [0.3, 0.4) is 0 Å². The molecule has 16 heavy (non-hydrogen) atoms. The Morgan fingerprint density at radius 3 is 3.12 bits per heavy atom. The molecule has 0 saturated heterocycles. The quantitative estimate of drug-likeness (QED) is 0.872. The predicted molar refractivity (Wildman–Crippen MR) is 64.2 cm³/mol. The maximum absolute atomic E-state index is 5.45. The lowest BCUT2D eigenvalue weighted by Gasteiger charge is -2.22. The van der Waals surface area contributed by atoms with Crippen LogP contribution in [0.5, 0.6) is 0 Å². The molecule has 3 nitrogen and oxygen atoms in total. The lowest BCUT2D eigenvalue weighted by molar-refractivity contribution is 0.453. The van der Waals surface area contributed by atoms with Crippen LogP contribution in [0.2, 0.25) is 0 Å². The third-order valence-corrected chi connectivity index (χ3v) is 3.31. The monoisotopic (exact) mass is 278 g/mol. The molecule has 0 aliphatic carbocycles. The van der Waals surface area contributed by atoms with Crippen LogP contribution in [0.25, 0.3) is 0 Å². The summed E-state index contributed by atoms with van der Waals surface area (Å²) in [4.78, 5) is 4.43. The molecule has 1 N–H and O–H groups in total. The first-order chi connectivity index (χ1) is 7.84. The number of halogens is 1. The zero-order valence-electron chi connectivity index (χ0n) is 8.61. The van der Waals surface area contributed by atoms with Gasteiger partial charge in [0.15, 0.2) is 0 Å². The van der Waals surface area contributed by atoms with Crippen molar-refractivity contribution in [2.75, 3.05) is 6.54 Å². The average Bonchev–Trinajstić information content (AvgIpc) is 2.78. The molecule has 0 spiro atoms. The van der Waals surface area contributed by atoms with Gasteiger partial charge in [-0.15, -0.1) is 0 Å². The molecule has 3 heterocycles. The fraction of sp³-hybridized carbons (Fsp3) is 0.250. The molecule has 0 bridgehead atoms. The SMILES string of the molecule is Brc1ccc(C2NCCc3occc32)nc1. The second kappa shape index (κ2) is 4.03. The Morgan fingerprint density at radius 1 is 1.38 bits per heavy atom. The molecule has 1 atom stereocenters. The summed E-state index contributed by atoms with van der Waals surface area (Å²) in [6, 6.07) is 6.23. The van der Waals surface area contributed by atoms with Gasteiger partial charge in [0.1, 0.15) is 5.76 Å². The average molecular weight is 279 g/mol. The van der Waals surface area contributed by atoms with Crippen molar-refractivity contribution in [3.8, 4) is 0 Å². The van der Waals surface area contributed by atoms with E-state index in [1.54, 1.807) is 6.26 Å². The Morgan fingerprint density at radius 2 is 2.31 bits per heavy atom. The third kappa shape index (κ3) is 1.68. The third-order valence-electron chi connectivity index (χ3n) is 2.84. The molecule has 1 unspecified atom stereocenters. The van der Waals surface area contributed by atoms with Gasteiger partial charge in [-0.2, -0.15) is 0 Å². The molecule has 1 aliphatic rings. The van der Waals surface area contributed by atoms with E-state index in [0.29, 0.717) is 0 Å². The second-order valence-corrected chi connectivity index (χ2v) is 4.75. The van der Waals surface area contributed by atoms with Crippen LogP contribution in [0.4, 0.5) is 0 Å². The van der Waals surface area contributed by atoms with Gasteiger partial charge in [-0.25, -0.2) is 0 Å². The highest BCUT2D eigenvalue weighted by Crippen LogP contribution is 2.28. The molecular formula is C12H11BrN2O. The Hall–Kier alpha value is -1.13. The molecule has 0 radical (unpaired) electrons. The molecule has 82 valence electrons. The standard InChI is InChI=1S/C12H11BrN2O/c13-8-1-2-10(15-7-8)12-9-4-6-16-11(9)3-5-14-12/h1-2,4,6-7,12,14H,3,5H2. The van der Waals surface area contributed by atoms with Crippen molar-refractivity contribution in [3.05, 3.63) is 52.1 Å². The molecule has 0 saturated carbocycles. The van der Waals surface area contributed by atoms with Crippen molar-refractivity contribution in [3.63, 3.8) is 0 Å². The molecule has 3 rings (SSSR count). The van der Waals surface area contributed by atoms with E-state index < -0.39 is 0 Å². The number of nitrogens with zero attached hydrogens (tertiary/aromatic N) is 1. The van der Waals surface area contributed by atoms with E-state index in [-0.39, 0.29) is 6.04 Å². The number of furan rings is 1. The Balaban J connectivity index is 2.00. The van der Waals surface area contributed by atoms with Crippen LogP contribution >= 0.6 is 15.9 Å². The molecule has 0 amide bonds. The number of hydrogen-bond acceptors (Lipinski definition) is 3. The van der Waals surface area contributed by atoms with Crippen LogP contribution in [-0.2, 0) is 6.42 Å². The number of aromatic nitrogens is 1. The van der Waals surface area contributed by atoms with Crippen molar-refractivity contribution in [2.45, 2.75) is 12.5 Å². The topological polar surface area (TPSA) is 38.1 Å². The van der Waals surface area contributed by atoms with E-state index in [1.807, 2.05) is 24.4 Å². The van der Waals surface area contributed by atoms with Gasteiger partial charge < -0.3 is 9.73 Å². The highest BCUT2D eigenvalue weighted by molar-refractivity contribution is 9.10. The molecule has 0 aromatic carbocycles. The van der Waals surface area contributed by atoms with Crippen molar-refractivity contribution < 1.29 is 4.42 Å². The summed E-state index contributed by atoms with van der Waals surface area (Å²) >= 11 is 3.39. The van der Waals surface area contributed by atoms with E-state index >= 15 is 0 Å². The van der Waals surface area contributed by atoms with E-state index in [2.05, 4.69) is 26.2 Å². The lowest BCUT2D eigenvalue weighted by atomic mass is 9.99. The fourth-order valence-corrected chi connectivity index (χ4v) is 2.31. The van der Waals surface area contributed by atoms with Gasteiger partial charge >= 0.3 is 0 Å². The van der Waals surface area contributed by atoms with E-state index in [4.69, 9.17) is 4.42 Å². The van der Waals surface area contributed by atoms with Gasteiger partial charge in [-0.05, 0) is 34.1 Å². The molecule has 1 aliphatic heterocycles. The smallest absolute Gasteiger partial charge is 0.110 e. The van der Waals surface area contributed by atoms with Crippen molar-refractivity contribution in [2.24, 2.45) is 0 Å². The normalized spacial score (nSPS) is 19.4. The summed E-state index contributed by atoms with van der Waals surface area (Å²) in [5.41, 5.74) is 2.24. The molecule has 2 aromatic heterocycles. The Labute approximate surface area is 102 Å². The van der Waals surface area contributed by atoms with E-state index in [0.717, 1.165) is 28.9 Å². The van der Waals surface area contributed by atoms with Gasteiger partial charge in [-0.3, -0.25) is 4.98 Å². The first-order valence-electron chi connectivity index (χ1n) is 5.26. The summed E-state index contributed by atoms with van der Waals surface area (Å²) in [5.74, 6) is 1.08. The van der Waals surface area contributed by atoms with Crippen LogP contribution in [0.1, 0.15) is 23.1 Å². The Bertz CT molecular complexity index is 492. The second-order valence-electron chi connectivity index (χ2n) is 3.84. The van der Waals surface area contributed by atoms with E-state index in [1.165, 1.54) is 5.56 Å². The van der Waals surface area contributed by atoms with Crippen LogP contribution in [0, 0.1) is 0 Å². The maximum Gasteiger partial charge on any atom is 0.110 e. The number of fused-ring (bicyclic) bond motifs is 1. The Kier molecular flexibility index (Phi) is 2.53. The highest BCUT2D eigenvalue weighted by atomic mass is 79.9. The summed E-state index contributed by atoms with van der Waals surface area (Å²) in [6.45, 7) is 0.933.